The van der Waals surface area contributed by atoms with Gasteiger partial charge >= 0.3 is 0 Å². The van der Waals surface area contributed by atoms with Crippen LogP contribution in [-0.4, -0.2) is 28.6 Å². The van der Waals surface area contributed by atoms with Crippen LogP contribution in [0, 0.1) is 0 Å². The Hall–Kier alpha value is -2.63. The third kappa shape index (κ3) is 4.94. The van der Waals surface area contributed by atoms with Crippen LogP contribution in [0.1, 0.15) is 49.8 Å². The highest BCUT2D eigenvalue weighted by Gasteiger charge is 2.25. The Balaban J connectivity index is 1.40. The fourth-order valence-corrected chi connectivity index (χ4v) is 2.67. The number of hydrogen-bond donors (Lipinski definition) is 1. The molecule has 1 saturated carbocycles. The molecule has 2 aromatic rings. The molecule has 1 aliphatic carbocycles. The Labute approximate surface area is 153 Å². The highest BCUT2D eigenvalue weighted by Crippen LogP contribution is 2.38. The summed E-state index contributed by atoms with van der Waals surface area (Å²) in [6.45, 7) is 4.96. The SMILES string of the molecule is CC(C)c1ccc(OCC(=O)NCCn2cnc(C3CC3)cc2=O)cc1. The summed E-state index contributed by atoms with van der Waals surface area (Å²) in [5.41, 5.74) is 2.04. The van der Waals surface area contributed by atoms with Gasteiger partial charge in [0.1, 0.15) is 5.75 Å². The summed E-state index contributed by atoms with van der Waals surface area (Å²) in [5.74, 6) is 1.38. The van der Waals surface area contributed by atoms with Gasteiger partial charge in [0.25, 0.3) is 11.5 Å². The first-order valence-corrected chi connectivity index (χ1v) is 9.09. The van der Waals surface area contributed by atoms with Gasteiger partial charge < -0.3 is 10.1 Å². The second-order valence-electron chi connectivity index (χ2n) is 6.98. The van der Waals surface area contributed by atoms with E-state index in [9.17, 15) is 9.59 Å². The van der Waals surface area contributed by atoms with Crippen LogP contribution in [0.3, 0.4) is 0 Å². The van der Waals surface area contributed by atoms with E-state index >= 15 is 0 Å². The molecule has 0 radical (unpaired) electrons. The average Bonchev–Trinajstić information content (AvgIpc) is 3.47. The zero-order valence-corrected chi connectivity index (χ0v) is 15.3. The third-order valence-corrected chi connectivity index (χ3v) is 4.49. The van der Waals surface area contributed by atoms with Crippen LogP contribution in [-0.2, 0) is 11.3 Å². The molecule has 6 nitrogen and oxygen atoms in total. The smallest absolute Gasteiger partial charge is 0.258 e. The van der Waals surface area contributed by atoms with E-state index in [-0.39, 0.29) is 18.1 Å². The van der Waals surface area contributed by atoms with Crippen LogP contribution in [0.5, 0.6) is 5.75 Å². The fraction of sp³-hybridized carbons (Fsp3) is 0.450. The molecule has 26 heavy (non-hydrogen) atoms. The number of nitrogens with one attached hydrogen (secondary N) is 1. The number of amides is 1. The lowest BCUT2D eigenvalue weighted by Crippen LogP contribution is -2.33. The van der Waals surface area contributed by atoms with Gasteiger partial charge in [0.15, 0.2) is 6.61 Å². The van der Waals surface area contributed by atoms with Crippen molar-refractivity contribution in [3.63, 3.8) is 0 Å². The van der Waals surface area contributed by atoms with Crippen molar-refractivity contribution >= 4 is 5.91 Å². The first kappa shape index (κ1) is 18.2. The van der Waals surface area contributed by atoms with Crippen molar-refractivity contribution in [2.24, 2.45) is 0 Å². The van der Waals surface area contributed by atoms with Crippen molar-refractivity contribution < 1.29 is 9.53 Å². The molecule has 0 unspecified atom stereocenters. The van der Waals surface area contributed by atoms with E-state index in [0.717, 1.165) is 18.5 Å². The first-order chi connectivity index (χ1) is 12.5. The Morgan fingerprint density at radius 2 is 2.04 bits per heavy atom. The minimum absolute atomic E-state index is 0.0468. The number of carbonyl (C=O) groups excluding carboxylic acids is 1. The molecule has 3 rings (SSSR count). The summed E-state index contributed by atoms with van der Waals surface area (Å²) < 4.78 is 7.00. The lowest BCUT2D eigenvalue weighted by atomic mass is 10.0. The Morgan fingerprint density at radius 1 is 1.31 bits per heavy atom. The highest BCUT2D eigenvalue weighted by molar-refractivity contribution is 5.77. The fourth-order valence-electron chi connectivity index (χ4n) is 2.67. The van der Waals surface area contributed by atoms with Crippen LogP contribution in [0.2, 0.25) is 0 Å². The van der Waals surface area contributed by atoms with Crippen LogP contribution >= 0.6 is 0 Å². The minimum atomic E-state index is -0.214. The van der Waals surface area contributed by atoms with E-state index in [4.69, 9.17) is 4.74 Å². The van der Waals surface area contributed by atoms with E-state index in [1.165, 1.54) is 10.1 Å². The van der Waals surface area contributed by atoms with Crippen LogP contribution in [0.4, 0.5) is 0 Å². The number of benzene rings is 1. The monoisotopic (exact) mass is 355 g/mol. The second-order valence-corrected chi connectivity index (χ2v) is 6.98. The van der Waals surface area contributed by atoms with Gasteiger partial charge in [0.2, 0.25) is 0 Å². The van der Waals surface area contributed by atoms with Crippen molar-refractivity contribution in [2.45, 2.75) is 45.1 Å². The Kier molecular flexibility index (Phi) is 5.71. The predicted molar refractivity (Wildman–Crippen MR) is 99.5 cm³/mol. The van der Waals surface area contributed by atoms with Gasteiger partial charge in [-0.1, -0.05) is 26.0 Å². The number of carbonyl (C=O) groups is 1. The van der Waals surface area contributed by atoms with Gasteiger partial charge in [0.05, 0.1) is 12.0 Å². The van der Waals surface area contributed by atoms with Gasteiger partial charge in [0, 0.05) is 25.1 Å². The van der Waals surface area contributed by atoms with E-state index in [1.807, 2.05) is 24.3 Å². The molecule has 0 bridgehead atoms. The van der Waals surface area contributed by atoms with Crippen LogP contribution < -0.4 is 15.6 Å². The summed E-state index contributed by atoms with van der Waals surface area (Å²) in [5, 5.41) is 2.76. The molecule has 0 spiro atoms. The number of rotatable bonds is 8. The van der Waals surface area contributed by atoms with Gasteiger partial charge in [-0.2, -0.15) is 0 Å². The zero-order valence-electron chi connectivity index (χ0n) is 15.3. The second kappa shape index (κ2) is 8.17. The number of ether oxygens (including phenoxy) is 1. The largest absolute Gasteiger partial charge is 0.484 e. The van der Waals surface area contributed by atoms with Crippen LogP contribution in [0.25, 0.3) is 0 Å². The standard InChI is InChI=1S/C20H25N3O3/c1-14(2)15-5-7-17(8-6-15)26-12-19(24)21-9-10-23-13-22-18(11-20(23)25)16-3-4-16/h5-8,11,13-14,16H,3-4,9-10,12H2,1-2H3,(H,21,24). The average molecular weight is 355 g/mol. The number of hydrogen-bond acceptors (Lipinski definition) is 4. The summed E-state index contributed by atoms with van der Waals surface area (Å²) in [6.07, 6.45) is 3.80. The zero-order chi connectivity index (χ0) is 18.5. The topological polar surface area (TPSA) is 73.2 Å². The number of aromatic nitrogens is 2. The van der Waals surface area contributed by atoms with E-state index in [2.05, 4.69) is 24.1 Å². The van der Waals surface area contributed by atoms with Crippen molar-refractivity contribution in [3.05, 3.63) is 58.3 Å². The van der Waals surface area contributed by atoms with Crippen molar-refractivity contribution in [3.8, 4) is 5.75 Å². The molecule has 0 saturated heterocycles. The Morgan fingerprint density at radius 3 is 2.65 bits per heavy atom. The molecule has 0 atom stereocenters. The predicted octanol–water partition coefficient (Wildman–Crippen LogP) is 2.44. The lowest BCUT2D eigenvalue weighted by Gasteiger charge is -2.10. The summed E-state index contributed by atoms with van der Waals surface area (Å²) in [6, 6.07) is 9.35. The molecule has 1 aromatic heterocycles. The molecule has 0 aliphatic heterocycles. The highest BCUT2D eigenvalue weighted by atomic mass is 16.5. The minimum Gasteiger partial charge on any atom is -0.484 e. The number of nitrogens with zero attached hydrogens (tertiary/aromatic N) is 2. The van der Waals surface area contributed by atoms with Gasteiger partial charge in [-0.05, 0) is 36.5 Å². The molecule has 1 fully saturated rings. The van der Waals surface area contributed by atoms with Crippen LogP contribution in [0.15, 0.2) is 41.5 Å². The van der Waals surface area contributed by atoms with Crippen molar-refractivity contribution in [1.82, 2.24) is 14.9 Å². The quantitative estimate of drug-likeness (QED) is 0.789. The van der Waals surface area contributed by atoms with Gasteiger partial charge in [-0.15, -0.1) is 0 Å². The first-order valence-electron chi connectivity index (χ1n) is 9.09. The Bertz CT molecular complexity index is 808. The maximum atomic E-state index is 12.0. The van der Waals surface area contributed by atoms with Gasteiger partial charge in [-0.25, -0.2) is 4.98 Å². The lowest BCUT2D eigenvalue weighted by molar-refractivity contribution is -0.123. The molecule has 1 aliphatic rings. The maximum Gasteiger partial charge on any atom is 0.258 e. The molecule has 1 N–H and O–H groups in total. The molecule has 6 heteroatoms. The maximum absolute atomic E-state index is 12.0. The molecular weight excluding hydrogens is 330 g/mol. The summed E-state index contributed by atoms with van der Waals surface area (Å²) in [7, 11) is 0. The summed E-state index contributed by atoms with van der Waals surface area (Å²) in [4.78, 5) is 28.2. The van der Waals surface area contributed by atoms with Crippen molar-refractivity contribution in [2.75, 3.05) is 13.2 Å². The van der Waals surface area contributed by atoms with Crippen molar-refractivity contribution in [1.29, 1.82) is 0 Å². The molecule has 138 valence electrons. The molecule has 1 amide bonds. The third-order valence-electron chi connectivity index (χ3n) is 4.49. The normalized spacial score (nSPS) is 13.7. The van der Waals surface area contributed by atoms with E-state index in [1.54, 1.807) is 12.4 Å². The molecule has 1 heterocycles. The van der Waals surface area contributed by atoms with E-state index < -0.39 is 0 Å². The molecule has 1 aromatic carbocycles. The summed E-state index contributed by atoms with van der Waals surface area (Å²) >= 11 is 0. The van der Waals surface area contributed by atoms with E-state index in [0.29, 0.717) is 30.7 Å². The van der Waals surface area contributed by atoms with Gasteiger partial charge in [-0.3, -0.25) is 14.2 Å². The molecular formula is C20H25N3O3.